The number of aliphatic carboxylic acids is 1. The van der Waals surface area contributed by atoms with Gasteiger partial charge in [0.1, 0.15) is 12.1 Å². The van der Waals surface area contributed by atoms with Gasteiger partial charge in [-0.2, -0.15) is 0 Å². The summed E-state index contributed by atoms with van der Waals surface area (Å²) in [5, 5.41) is 43.7. The van der Waals surface area contributed by atoms with Gasteiger partial charge in [-0.15, -0.1) is 0 Å². The Morgan fingerprint density at radius 3 is 1.77 bits per heavy atom. The Kier molecular flexibility index (Phi) is 11.5. The van der Waals surface area contributed by atoms with Crippen molar-refractivity contribution in [3.05, 3.63) is 0 Å². The van der Waals surface area contributed by atoms with Crippen LogP contribution in [0.3, 0.4) is 0 Å². The number of hydrogen-bond donors (Lipinski definition) is 9. The van der Waals surface area contributed by atoms with Crippen molar-refractivity contribution < 1.29 is 44.4 Å². The molecule has 0 radical (unpaired) electrons. The van der Waals surface area contributed by atoms with E-state index in [-0.39, 0.29) is 12.8 Å². The lowest BCUT2D eigenvalue weighted by Crippen LogP contribution is -2.61. The molecule has 0 fully saturated rings. The molecule has 11 N–H and O–H groups in total. The van der Waals surface area contributed by atoms with Crippen molar-refractivity contribution in [3.8, 4) is 0 Å². The molecule has 14 nitrogen and oxygen atoms in total. The Hall–Kier alpha value is -2.81. The van der Waals surface area contributed by atoms with Gasteiger partial charge in [0.15, 0.2) is 6.04 Å². The van der Waals surface area contributed by atoms with Crippen molar-refractivity contribution in [2.75, 3.05) is 6.61 Å². The van der Waals surface area contributed by atoms with Crippen molar-refractivity contribution >= 4 is 29.6 Å². The number of hydrogen-bond acceptors (Lipinski definition) is 9. The number of carbonyl (C=O) groups is 5. The van der Waals surface area contributed by atoms with Gasteiger partial charge in [0.2, 0.25) is 23.6 Å². The molecule has 0 bridgehead atoms. The monoisotopic (exact) mass is 435 g/mol. The van der Waals surface area contributed by atoms with Crippen LogP contribution in [0.25, 0.3) is 0 Å². The van der Waals surface area contributed by atoms with E-state index in [1.165, 1.54) is 6.92 Å². The maximum atomic E-state index is 12.4. The standard InChI is InChI=1S/C16H29N5O9/c1-6(23)11(20-13(26)8(17)3-4-10(18)25)15(28)19-9(5-22)14(27)21-12(7(2)24)16(29)30/h6-9,11-12,22-24H,3-5,17H2,1-2H3,(H2,18,25)(H,19,28)(H,20,26)(H,21,27)(H,29,30). The van der Waals surface area contributed by atoms with Gasteiger partial charge < -0.3 is 47.8 Å². The van der Waals surface area contributed by atoms with Crippen LogP contribution in [-0.2, 0) is 24.0 Å². The van der Waals surface area contributed by atoms with Gasteiger partial charge in [-0.05, 0) is 20.3 Å². The zero-order chi connectivity index (χ0) is 23.6. The van der Waals surface area contributed by atoms with Crippen LogP contribution < -0.4 is 27.4 Å². The molecule has 0 saturated heterocycles. The predicted octanol–water partition coefficient (Wildman–Crippen LogP) is -5.13. The van der Waals surface area contributed by atoms with Crippen molar-refractivity contribution in [2.45, 2.75) is 63.1 Å². The smallest absolute Gasteiger partial charge is 0.328 e. The molecule has 0 aliphatic heterocycles. The van der Waals surface area contributed by atoms with Gasteiger partial charge in [0.25, 0.3) is 0 Å². The van der Waals surface area contributed by atoms with Gasteiger partial charge in [-0.1, -0.05) is 0 Å². The molecular weight excluding hydrogens is 406 g/mol. The van der Waals surface area contributed by atoms with Gasteiger partial charge >= 0.3 is 5.97 Å². The molecule has 6 unspecified atom stereocenters. The van der Waals surface area contributed by atoms with E-state index in [1.807, 2.05) is 5.32 Å². The zero-order valence-corrected chi connectivity index (χ0v) is 16.6. The molecule has 0 rings (SSSR count). The van der Waals surface area contributed by atoms with E-state index in [1.54, 1.807) is 0 Å². The first-order valence-corrected chi connectivity index (χ1v) is 8.96. The number of aliphatic hydroxyl groups is 3. The fourth-order valence-corrected chi connectivity index (χ4v) is 2.19. The molecule has 172 valence electrons. The normalized spacial score (nSPS) is 16.9. The molecule has 0 spiro atoms. The van der Waals surface area contributed by atoms with Crippen LogP contribution >= 0.6 is 0 Å². The largest absolute Gasteiger partial charge is 0.480 e. The summed E-state index contributed by atoms with van der Waals surface area (Å²) in [7, 11) is 0. The molecule has 6 atom stereocenters. The molecule has 0 aliphatic carbocycles. The lowest BCUT2D eigenvalue weighted by atomic mass is 10.1. The number of carbonyl (C=O) groups excluding carboxylic acids is 4. The highest BCUT2D eigenvalue weighted by atomic mass is 16.4. The van der Waals surface area contributed by atoms with Crippen LogP contribution in [0.4, 0.5) is 0 Å². The lowest BCUT2D eigenvalue weighted by Gasteiger charge is -2.26. The van der Waals surface area contributed by atoms with E-state index in [0.717, 1.165) is 6.92 Å². The Balaban J connectivity index is 5.13. The first-order valence-electron chi connectivity index (χ1n) is 8.96. The summed E-state index contributed by atoms with van der Waals surface area (Å²) >= 11 is 0. The Morgan fingerprint density at radius 1 is 0.867 bits per heavy atom. The van der Waals surface area contributed by atoms with Crippen LogP contribution in [0.15, 0.2) is 0 Å². The number of primary amides is 1. The second kappa shape index (κ2) is 12.7. The van der Waals surface area contributed by atoms with Crippen LogP contribution in [0.2, 0.25) is 0 Å². The fraction of sp³-hybridized carbons (Fsp3) is 0.688. The quantitative estimate of drug-likeness (QED) is 0.133. The average molecular weight is 435 g/mol. The van der Waals surface area contributed by atoms with Gasteiger partial charge in [0, 0.05) is 6.42 Å². The number of carboxylic acid groups (broad SMARTS) is 1. The second-order valence-electron chi connectivity index (χ2n) is 6.65. The minimum atomic E-state index is -1.70. The van der Waals surface area contributed by atoms with Gasteiger partial charge in [0.05, 0.1) is 24.9 Å². The third-order valence-electron chi connectivity index (χ3n) is 3.96. The van der Waals surface area contributed by atoms with E-state index in [9.17, 15) is 39.3 Å². The van der Waals surface area contributed by atoms with Crippen LogP contribution in [0.1, 0.15) is 26.7 Å². The summed E-state index contributed by atoms with van der Waals surface area (Å²) in [6.07, 6.45) is -3.19. The van der Waals surface area contributed by atoms with E-state index in [2.05, 4.69) is 10.6 Å². The second-order valence-corrected chi connectivity index (χ2v) is 6.65. The van der Waals surface area contributed by atoms with Crippen molar-refractivity contribution in [1.29, 1.82) is 0 Å². The summed E-state index contributed by atoms with van der Waals surface area (Å²) in [5.74, 6) is -5.29. The molecule has 0 aromatic carbocycles. The third-order valence-corrected chi connectivity index (χ3v) is 3.96. The van der Waals surface area contributed by atoms with E-state index in [4.69, 9.17) is 16.6 Å². The molecule has 0 aromatic heterocycles. The summed E-state index contributed by atoms with van der Waals surface area (Å²) in [6, 6.07) is -6.12. The number of nitrogens with one attached hydrogen (secondary N) is 3. The highest BCUT2D eigenvalue weighted by Crippen LogP contribution is 2.00. The summed E-state index contributed by atoms with van der Waals surface area (Å²) < 4.78 is 0. The van der Waals surface area contributed by atoms with Crippen LogP contribution in [-0.4, -0.2) is 93.0 Å². The highest BCUT2D eigenvalue weighted by Gasteiger charge is 2.33. The van der Waals surface area contributed by atoms with Crippen molar-refractivity contribution in [3.63, 3.8) is 0 Å². The summed E-state index contributed by atoms with van der Waals surface area (Å²) in [4.78, 5) is 58.4. The number of amides is 4. The van der Waals surface area contributed by atoms with Crippen molar-refractivity contribution in [1.82, 2.24) is 16.0 Å². The third kappa shape index (κ3) is 9.13. The first-order chi connectivity index (χ1) is 13.8. The molecule has 14 heteroatoms. The maximum Gasteiger partial charge on any atom is 0.328 e. The van der Waals surface area contributed by atoms with Gasteiger partial charge in [-0.25, -0.2) is 4.79 Å². The number of rotatable bonds is 13. The van der Waals surface area contributed by atoms with E-state index >= 15 is 0 Å². The highest BCUT2D eigenvalue weighted by molar-refractivity contribution is 5.94. The predicted molar refractivity (Wildman–Crippen MR) is 100 cm³/mol. The number of aliphatic hydroxyl groups excluding tert-OH is 3. The van der Waals surface area contributed by atoms with E-state index in [0.29, 0.717) is 0 Å². The molecule has 0 aliphatic rings. The molecule has 0 heterocycles. The lowest BCUT2D eigenvalue weighted by molar-refractivity contribution is -0.145. The molecular formula is C16H29N5O9. The van der Waals surface area contributed by atoms with Crippen molar-refractivity contribution in [2.24, 2.45) is 11.5 Å². The number of carboxylic acids is 1. The molecule has 30 heavy (non-hydrogen) atoms. The minimum Gasteiger partial charge on any atom is -0.480 e. The Morgan fingerprint density at radius 2 is 1.37 bits per heavy atom. The molecule has 0 aromatic rings. The maximum absolute atomic E-state index is 12.4. The SMILES string of the molecule is CC(O)C(NC(=O)C(CO)NC(=O)C(NC(=O)C(N)CCC(N)=O)C(C)O)C(=O)O. The summed E-state index contributed by atoms with van der Waals surface area (Å²) in [5.41, 5.74) is 10.5. The Bertz CT molecular complexity index is 641. The molecule has 0 saturated carbocycles. The summed E-state index contributed by atoms with van der Waals surface area (Å²) in [6.45, 7) is 1.34. The topological polar surface area (TPSA) is 254 Å². The number of nitrogens with two attached hydrogens (primary N) is 2. The average Bonchev–Trinajstić information content (AvgIpc) is 2.64. The van der Waals surface area contributed by atoms with E-state index < -0.39 is 72.6 Å². The fourth-order valence-electron chi connectivity index (χ4n) is 2.19. The van der Waals surface area contributed by atoms with Crippen LogP contribution in [0.5, 0.6) is 0 Å². The van der Waals surface area contributed by atoms with Crippen LogP contribution in [0, 0.1) is 0 Å². The Labute approximate surface area is 172 Å². The molecule has 4 amide bonds. The minimum absolute atomic E-state index is 0.104. The van der Waals surface area contributed by atoms with Gasteiger partial charge in [-0.3, -0.25) is 19.2 Å². The first kappa shape index (κ1) is 27.2. The zero-order valence-electron chi connectivity index (χ0n) is 16.6.